The van der Waals surface area contributed by atoms with E-state index in [0.29, 0.717) is 56.6 Å². The lowest BCUT2D eigenvalue weighted by Crippen LogP contribution is -2.50. The number of nitrogens with zero attached hydrogens (tertiary/aromatic N) is 1. The summed E-state index contributed by atoms with van der Waals surface area (Å²) in [6, 6.07) is 4.97. The number of morpholine rings is 1. The first-order chi connectivity index (χ1) is 20.1. The van der Waals surface area contributed by atoms with Crippen LogP contribution in [0.15, 0.2) is 24.3 Å². The van der Waals surface area contributed by atoms with Crippen LogP contribution in [0.4, 0.5) is 0 Å². The number of ether oxygens (including phenoxy) is 3. The molecule has 3 aliphatic rings. The maximum Gasteiger partial charge on any atom is 0.234 e. The molecule has 0 unspecified atom stereocenters. The molecule has 5 atom stereocenters. The average molecular weight is 588 g/mol. The molecular formula is C31H45N3O8. The van der Waals surface area contributed by atoms with Crippen LogP contribution in [0.3, 0.4) is 0 Å². The lowest BCUT2D eigenvalue weighted by molar-refractivity contribution is -0.138. The Balaban J connectivity index is 1.47. The van der Waals surface area contributed by atoms with E-state index in [1.54, 1.807) is 38.1 Å². The number of benzene rings is 1. The smallest absolute Gasteiger partial charge is 0.234 e. The van der Waals surface area contributed by atoms with Crippen molar-refractivity contribution in [3.8, 4) is 5.75 Å². The van der Waals surface area contributed by atoms with Crippen LogP contribution in [0.2, 0.25) is 0 Å². The third-order valence-electron chi connectivity index (χ3n) is 8.70. The van der Waals surface area contributed by atoms with Crippen molar-refractivity contribution in [1.82, 2.24) is 15.5 Å². The molecule has 42 heavy (non-hydrogen) atoms. The molecule has 1 aromatic carbocycles. The number of rotatable bonds is 15. The van der Waals surface area contributed by atoms with Gasteiger partial charge in [-0.05, 0) is 43.9 Å². The van der Waals surface area contributed by atoms with E-state index in [9.17, 15) is 24.3 Å². The van der Waals surface area contributed by atoms with Crippen LogP contribution in [0.25, 0.3) is 0 Å². The molecule has 2 aliphatic heterocycles. The van der Waals surface area contributed by atoms with Crippen molar-refractivity contribution in [1.29, 1.82) is 0 Å². The molecule has 2 amide bonds. The monoisotopic (exact) mass is 587 g/mol. The molecule has 0 aromatic heterocycles. The number of aliphatic hydroxyl groups is 1. The Kier molecular flexibility index (Phi) is 11.1. The minimum absolute atomic E-state index is 0.144. The number of nitrogens with one attached hydrogen (secondary N) is 2. The second-order valence-corrected chi connectivity index (χ2v) is 12.0. The van der Waals surface area contributed by atoms with E-state index in [2.05, 4.69) is 10.6 Å². The highest BCUT2D eigenvalue weighted by Crippen LogP contribution is 2.34. The summed E-state index contributed by atoms with van der Waals surface area (Å²) in [6.45, 7) is 6.12. The first-order valence-electron chi connectivity index (χ1n) is 15.0. The number of ketones is 2. The molecule has 11 nitrogen and oxygen atoms in total. The predicted molar refractivity (Wildman–Crippen MR) is 154 cm³/mol. The highest BCUT2D eigenvalue weighted by atomic mass is 16.6. The molecule has 0 spiro atoms. The molecule has 0 bridgehead atoms. The summed E-state index contributed by atoms with van der Waals surface area (Å²) in [5.41, 5.74) is -0.487. The fourth-order valence-electron chi connectivity index (χ4n) is 5.81. The Morgan fingerprint density at radius 3 is 2.33 bits per heavy atom. The molecule has 1 aromatic rings. The van der Waals surface area contributed by atoms with Crippen molar-refractivity contribution < 1.29 is 38.5 Å². The molecule has 232 valence electrons. The number of carbonyl (C=O) groups is 4. The van der Waals surface area contributed by atoms with Crippen molar-refractivity contribution in [3.63, 3.8) is 0 Å². The highest BCUT2D eigenvalue weighted by molar-refractivity contribution is 5.98. The van der Waals surface area contributed by atoms with Crippen LogP contribution in [0.1, 0.15) is 64.0 Å². The zero-order valence-corrected chi connectivity index (χ0v) is 24.9. The van der Waals surface area contributed by atoms with E-state index in [0.717, 1.165) is 25.7 Å². The van der Waals surface area contributed by atoms with Crippen LogP contribution in [-0.4, -0.2) is 97.6 Å². The largest absolute Gasteiger partial charge is 0.497 e. The van der Waals surface area contributed by atoms with E-state index in [1.807, 2.05) is 4.90 Å². The lowest BCUT2D eigenvalue weighted by atomic mass is 9.87. The van der Waals surface area contributed by atoms with Crippen LogP contribution >= 0.6 is 0 Å². The normalized spacial score (nSPS) is 23.8. The Morgan fingerprint density at radius 1 is 1.10 bits per heavy atom. The van der Waals surface area contributed by atoms with Gasteiger partial charge in [0.25, 0.3) is 0 Å². The Morgan fingerprint density at radius 2 is 1.74 bits per heavy atom. The summed E-state index contributed by atoms with van der Waals surface area (Å²) < 4.78 is 15.9. The average Bonchev–Trinajstić information content (AvgIpc) is 3.53. The number of methoxy groups -OCH3 is 1. The second-order valence-electron chi connectivity index (χ2n) is 12.0. The van der Waals surface area contributed by atoms with Gasteiger partial charge in [0.2, 0.25) is 11.8 Å². The van der Waals surface area contributed by atoms with Gasteiger partial charge in [-0.3, -0.25) is 24.1 Å². The second kappa shape index (κ2) is 14.5. The number of epoxide rings is 1. The van der Waals surface area contributed by atoms with Crippen molar-refractivity contribution in [2.24, 2.45) is 11.8 Å². The molecular weight excluding hydrogens is 542 g/mol. The van der Waals surface area contributed by atoms with Crippen LogP contribution in [0, 0.1) is 11.8 Å². The summed E-state index contributed by atoms with van der Waals surface area (Å²) in [5, 5.41) is 17.0. The van der Waals surface area contributed by atoms with Gasteiger partial charge in [0.1, 0.15) is 11.4 Å². The zero-order valence-electron chi connectivity index (χ0n) is 24.9. The van der Waals surface area contributed by atoms with Gasteiger partial charge in [-0.1, -0.05) is 37.8 Å². The van der Waals surface area contributed by atoms with Crippen molar-refractivity contribution in [3.05, 3.63) is 29.8 Å². The molecule has 1 saturated carbocycles. The molecule has 3 fully saturated rings. The van der Waals surface area contributed by atoms with Crippen molar-refractivity contribution in [2.75, 3.05) is 46.6 Å². The maximum atomic E-state index is 13.8. The number of hydrogen-bond donors (Lipinski definition) is 3. The molecule has 0 radical (unpaired) electrons. The first kappa shape index (κ1) is 32.1. The van der Waals surface area contributed by atoms with E-state index in [1.165, 1.54) is 7.11 Å². The van der Waals surface area contributed by atoms with Crippen LogP contribution in [-0.2, 0) is 28.7 Å². The fraction of sp³-hybridized carbons (Fsp3) is 0.677. The molecule has 11 heteroatoms. The molecule has 4 rings (SSSR count). The van der Waals surface area contributed by atoms with Gasteiger partial charge in [-0.25, -0.2) is 0 Å². The van der Waals surface area contributed by atoms with E-state index in [-0.39, 0.29) is 24.7 Å². The summed E-state index contributed by atoms with van der Waals surface area (Å²) in [7, 11) is 1.53. The summed E-state index contributed by atoms with van der Waals surface area (Å²) in [6.07, 6.45) is 3.02. The van der Waals surface area contributed by atoms with Crippen LogP contribution < -0.4 is 15.4 Å². The van der Waals surface area contributed by atoms with E-state index in [4.69, 9.17) is 14.2 Å². The summed E-state index contributed by atoms with van der Waals surface area (Å²) in [5.74, 6) is -1.75. The minimum atomic E-state index is -1.33. The Labute approximate surface area is 247 Å². The highest BCUT2D eigenvalue weighted by Gasteiger charge is 2.50. The van der Waals surface area contributed by atoms with Crippen molar-refractivity contribution in [2.45, 2.75) is 76.2 Å². The van der Waals surface area contributed by atoms with Gasteiger partial charge in [-0.15, -0.1) is 0 Å². The molecule has 3 N–H and O–H groups in total. The Bertz CT molecular complexity index is 1090. The van der Waals surface area contributed by atoms with Crippen LogP contribution in [0.5, 0.6) is 5.75 Å². The minimum Gasteiger partial charge on any atom is -0.497 e. The topological polar surface area (TPSA) is 147 Å². The molecule has 2 saturated heterocycles. The quantitative estimate of drug-likeness (QED) is 0.260. The number of carbonyl (C=O) groups excluding carboxylic acids is 4. The lowest BCUT2D eigenvalue weighted by Gasteiger charge is -2.28. The SMILES string of the molecule is COc1ccc([C@@H](O)[C@H](CC(=O)[C@H](C)NC(=O)CN2CCOCC2)C(=O)N[C@@H](CC2CCCC2)C(=O)[C@@]2(C)CO2)cc1. The van der Waals surface area contributed by atoms with Gasteiger partial charge in [0.05, 0.1) is 57.6 Å². The molecule has 2 heterocycles. The number of hydrogen-bond acceptors (Lipinski definition) is 9. The van der Waals surface area contributed by atoms with E-state index >= 15 is 0 Å². The third-order valence-corrected chi connectivity index (χ3v) is 8.70. The fourth-order valence-corrected chi connectivity index (χ4v) is 5.81. The third kappa shape index (κ3) is 8.59. The number of Topliss-reactive ketones (excluding diaryl/α,β-unsaturated/α-hetero) is 2. The van der Waals surface area contributed by atoms with Gasteiger partial charge in [0, 0.05) is 19.5 Å². The summed E-state index contributed by atoms with van der Waals surface area (Å²) in [4.78, 5) is 55.1. The number of aliphatic hydroxyl groups excluding tert-OH is 1. The van der Waals surface area contributed by atoms with Gasteiger partial charge in [-0.2, -0.15) is 0 Å². The Hall–Kier alpha value is -2.86. The van der Waals surface area contributed by atoms with Crippen molar-refractivity contribution >= 4 is 23.4 Å². The standard InChI is InChI=1S/C31H45N3O8/c1-20(32-27(36)18-34-12-14-41-15-13-34)26(35)17-24(28(37)22-8-10-23(40-3)11-9-22)30(39)33-25(16-21-6-4-5-7-21)29(38)31(2)19-42-31/h8-11,20-21,24-25,28,37H,4-7,12-19H2,1-3H3,(H,32,36)(H,33,39)/t20-,24-,25-,28+,31+/m0/s1. The van der Waals surface area contributed by atoms with E-state index < -0.39 is 41.4 Å². The predicted octanol–water partition coefficient (Wildman–Crippen LogP) is 1.56. The molecule has 1 aliphatic carbocycles. The zero-order chi connectivity index (χ0) is 30.3. The van der Waals surface area contributed by atoms with Gasteiger partial charge in [0.15, 0.2) is 11.6 Å². The maximum absolute atomic E-state index is 13.8. The van der Waals surface area contributed by atoms with Gasteiger partial charge < -0.3 is 30.0 Å². The summed E-state index contributed by atoms with van der Waals surface area (Å²) >= 11 is 0. The number of amides is 2. The van der Waals surface area contributed by atoms with Gasteiger partial charge >= 0.3 is 0 Å². The first-order valence-corrected chi connectivity index (χ1v) is 15.0.